The summed E-state index contributed by atoms with van der Waals surface area (Å²) in [5.74, 6) is -0.200. The Bertz CT molecular complexity index is 794. The van der Waals surface area contributed by atoms with Gasteiger partial charge in [-0.25, -0.2) is 4.39 Å². The summed E-state index contributed by atoms with van der Waals surface area (Å²) in [4.78, 5) is 1.76. The lowest BCUT2D eigenvalue weighted by atomic mass is 10.1. The van der Waals surface area contributed by atoms with Gasteiger partial charge in [-0.2, -0.15) is 15.0 Å². The lowest BCUT2D eigenvalue weighted by Gasteiger charge is -2.05. The summed E-state index contributed by atoms with van der Waals surface area (Å²) in [6.07, 6.45) is 0.846. The molecule has 0 aliphatic carbocycles. The van der Waals surface area contributed by atoms with Crippen molar-refractivity contribution in [3.05, 3.63) is 71.7 Å². The molecule has 0 saturated carbocycles. The van der Waals surface area contributed by atoms with Gasteiger partial charge in [-0.15, -0.1) is 0 Å². The van der Waals surface area contributed by atoms with Crippen LogP contribution < -0.4 is 5.32 Å². The molecule has 1 heterocycles. The van der Waals surface area contributed by atoms with E-state index >= 15 is 0 Å². The maximum Gasteiger partial charge on any atom is 0.123 e. The van der Waals surface area contributed by atoms with E-state index in [1.165, 1.54) is 12.1 Å². The van der Waals surface area contributed by atoms with Gasteiger partial charge in [0.1, 0.15) is 17.2 Å². The second kappa shape index (κ2) is 8.03. The maximum absolute atomic E-state index is 12.9. The summed E-state index contributed by atoms with van der Waals surface area (Å²) in [6, 6.07) is 17.0. The summed E-state index contributed by atoms with van der Waals surface area (Å²) in [7, 11) is 0. The molecule has 3 rings (SSSR count). The second-order valence-electron chi connectivity index (χ2n) is 6.33. The van der Waals surface area contributed by atoms with Crippen molar-refractivity contribution in [2.75, 3.05) is 6.54 Å². The zero-order chi connectivity index (χ0) is 17.6. The highest BCUT2D eigenvalue weighted by atomic mass is 19.1. The number of nitrogens with zero attached hydrogens (tertiary/aromatic N) is 3. The highest BCUT2D eigenvalue weighted by Crippen LogP contribution is 2.21. The largest absolute Gasteiger partial charge is 0.311 e. The van der Waals surface area contributed by atoms with Crippen molar-refractivity contribution in [1.29, 1.82) is 0 Å². The van der Waals surface area contributed by atoms with Crippen LogP contribution in [0.4, 0.5) is 4.39 Å². The van der Waals surface area contributed by atoms with Crippen LogP contribution in [0.15, 0.2) is 54.6 Å². The molecule has 25 heavy (non-hydrogen) atoms. The molecule has 2 aromatic carbocycles. The zero-order valence-electron chi connectivity index (χ0n) is 14.6. The van der Waals surface area contributed by atoms with Crippen LogP contribution in [0.5, 0.6) is 0 Å². The Morgan fingerprint density at radius 1 is 1.00 bits per heavy atom. The average molecular weight is 338 g/mol. The van der Waals surface area contributed by atoms with Gasteiger partial charge in [-0.1, -0.05) is 42.5 Å². The molecule has 0 fully saturated rings. The minimum atomic E-state index is -0.200. The van der Waals surface area contributed by atoms with Gasteiger partial charge in [0.25, 0.3) is 0 Å². The molecule has 0 bridgehead atoms. The molecule has 1 aromatic heterocycles. The van der Waals surface area contributed by atoms with Gasteiger partial charge in [-0.3, -0.25) is 0 Å². The van der Waals surface area contributed by atoms with Gasteiger partial charge in [0.05, 0.1) is 6.04 Å². The van der Waals surface area contributed by atoms with E-state index < -0.39 is 0 Å². The van der Waals surface area contributed by atoms with E-state index in [9.17, 15) is 4.39 Å². The van der Waals surface area contributed by atoms with Crippen molar-refractivity contribution in [2.45, 2.75) is 32.9 Å². The number of hydrogen-bond acceptors (Lipinski definition) is 3. The van der Waals surface area contributed by atoms with Crippen molar-refractivity contribution >= 4 is 0 Å². The highest BCUT2D eigenvalue weighted by molar-refractivity contribution is 5.60. The minimum Gasteiger partial charge on any atom is -0.311 e. The molecular formula is C20H23FN4. The standard InChI is InChI=1S/C20H23FN4/c1-15(2)25-23-19(20(24-25)17-6-4-3-5-7-17)14-22-13-12-16-8-10-18(21)11-9-16/h3-11,15,22H,12-14H2,1-2H3. The first-order chi connectivity index (χ1) is 12.1. The molecule has 0 aliphatic rings. The summed E-state index contributed by atoms with van der Waals surface area (Å²) in [6.45, 7) is 5.59. The van der Waals surface area contributed by atoms with Crippen molar-refractivity contribution in [3.63, 3.8) is 0 Å². The molecule has 3 aromatic rings. The van der Waals surface area contributed by atoms with Crippen molar-refractivity contribution in [3.8, 4) is 11.3 Å². The normalized spacial score (nSPS) is 11.2. The van der Waals surface area contributed by atoms with Crippen LogP contribution in [-0.4, -0.2) is 21.5 Å². The minimum absolute atomic E-state index is 0.200. The predicted octanol–water partition coefficient (Wildman–Crippen LogP) is 4.00. The number of nitrogens with one attached hydrogen (secondary N) is 1. The Morgan fingerprint density at radius 2 is 1.72 bits per heavy atom. The average Bonchev–Trinajstić information content (AvgIpc) is 3.05. The molecular weight excluding hydrogens is 315 g/mol. The highest BCUT2D eigenvalue weighted by Gasteiger charge is 2.14. The summed E-state index contributed by atoms with van der Waals surface area (Å²) < 4.78 is 12.9. The van der Waals surface area contributed by atoms with E-state index in [-0.39, 0.29) is 11.9 Å². The Labute approximate surface area is 147 Å². The van der Waals surface area contributed by atoms with E-state index in [1.807, 2.05) is 30.3 Å². The number of benzene rings is 2. The number of halogens is 1. The summed E-state index contributed by atoms with van der Waals surface area (Å²) >= 11 is 0. The third-order valence-electron chi connectivity index (χ3n) is 4.00. The lowest BCUT2D eigenvalue weighted by Crippen LogP contribution is -2.17. The maximum atomic E-state index is 12.9. The Kier molecular flexibility index (Phi) is 5.56. The predicted molar refractivity (Wildman–Crippen MR) is 97.7 cm³/mol. The van der Waals surface area contributed by atoms with Crippen LogP contribution in [0.1, 0.15) is 31.1 Å². The first kappa shape index (κ1) is 17.3. The van der Waals surface area contributed by atoms with Gasteiger partial charge >= 0.3 is 0 Å². The smallest absolute Gasteiger partial charge is 0.123 e. The number of aromatic nitrogens is 3. The molecule has 0 atom stereocenters. The van der Waals surface area contributed by atoms with Gasteiger partial charge in [-0.05, 0) is 44.5 Å². The molecule has 0 aliphatic heterocycles. The third-order valence-corrected chi connectivity index (χ3v) is 4.00. The molecule has 0 saturated heterocycles. The molecule has 5 heteroatoms. The van der Waals surface area contributed by atoms with Gasteiger partial charge in [0.15, 0.2) is 0 Å². The Balaban J connectivity index is 1.66. The van der Waals surface area contributed by atoms with Gasteiger partial charge in [0, 0.05) is 12.1 Å². The third kappa shape index (κ3) is 4.51. The van der Waals surface area contributed by atoms with Crippen LogP contribution in [0.2, 0.25) is 0 Å². The molecule has 0 amide bonds. The van der Waals surface area contributed by atoms with Gasteiger partial charge in [0.2, 0.25) is 0 Å². The van der Waals surface area contributed by atoms with Gasteiger partial charge < -0.3 is 5.32 Å². The van der Waals surface area contributed by atoms with E-state index in [0.717, 1.165) is 35.5 Å². The second-order valence-corrected chi connectivity index (χ2v) is 6.33. The molecule has 0 radical (unpaired) electrons. The monoisotopic (exact) mass is 338 g/mol. The fourth-order valence-electron chi connectivity index (χ4n) is 2.61. The topological polar surface area (TPSA) is 42.7 Å². The Hall–Kier alpha value is -2.53. The molecule has 0 unspecified atom stereocenters. The number of hydrogen-bond donors (Lipinski definition) is 1. The Morgan fingerprint density at radius 3 is 2.40 bits per heavy atom. The van der Waals surface area contributed by atoms with Crippen molar-refractivity contribution in [2.24, 2.45) is 0 Å². The quantitative estimate of drug-likeness (QED) is 0.662. The van der Waals surface area contributed by atoms with Crippen molar-refractivity contribution < 1.29 is 4.39 Å². The first-order valence-electron chi connectivity index (χ1n) is 8.60. The fourth-order valence-corrected chi connectivity index (χ4v) is 2.61. The summed E-state index contributed by atoms with van der Waals surface area (Å²) in [5, 5.41) is 12.7. The zero-order valence-corrected chi connectivity index (χ0v) is 14.6. The molecule has 130 valence electrons. The summed E-state index contributed by atoms with van der Waals surface area (Å²) in [5.41, 5.74) is 4.05. The fraction of sp³-hybridized carbons (Fsp3) is 0.300. The van der Waals surface area contributed by atoms with Crippen LogP contribution in [0.3, 0.4) is 0 Å². The van der Waals surface area contributed by atoms with E-state index in [0.29, 0.717) is 6.54 Å². The van der Waals surface area contributed by atoms with E-state index in [1.54, 1.807) is 4.80 Å². The SMILES string of the molecule is CC(C)n1nc(CNCCc2ccc(F)cc2)c(-c2ccccc2)n1. The molecule has 1 N–H and O–H groups in total. The lowest BCUT2D eigenvalue weighted by molar-refractivity contribution is 0.462. The number of rotatable bonds is 7. The van der Waals surface area contributed by atoms with E-state index in [4.69, 9.17) is 0 Å². The van der Waals surface area contributed by atoms with Crippen LogP contribution in [-0.2, 0) is 13.0 Å². The molecule has 4 nitrogen and oxygen atoms in total. The molecule has 0 spiro atoms. The van der Waals surface area contributed by atoms with E-state index in [2.05, 4.69) is 41.5 Å². The first-order valence-corrected chi connectivity index (χ1v) is 8.60. The van der Waals surface area contributed by atoms with Crippen LogP contribution in [0, 0.1) is 5.82 Å². The van der Waals surface area contributed by atoms with Crippen molar-refractivity contribution in [1.82, 2.24) is 20.3 Å². The van der Waals surface area contributed by atoms with Crippen LogP contribution in [0.25, 0.3) is 11.3 Å². The van der Waals surface area contributed by atoms with Crippen LogP contribution >= 0.6 is 0 Å².